The highest BCUT2D eigenvalue weighted by atomic mass is 35.5. The first-order valence-corrected chi connectivity index (χ1v) is 8.31. The Morgan fingerprint density at radius 2 is 2.26 bits per heavy atom. The molecule has 1 fully saturated rings. The molecule has 1 aliphatic heterocycles. The fourth-order valence-corrected chi connectivity index (χ4v) is 3.66. The van der Waals surface area contributed by atoms with Gasteiger partial charge in [0.2, 0.25) is 0 Å². The lowest BCUT2D eigenvalue weighted by molar-refractivity contribution is 0.128. The second-order valence-electron chi connectivity index (χ2n) is 5.22. The molecular formula is C15H22ClNOS. The number of thioether (sulfide) groups is 1. The van der Waals surface area contributed by atoms with E-state index in [2.05, 4.69) is 11.0 Å². The van der Waals surface area contributed by atoms with Crippen molar-refractivity contribution in [3.05, 3.63) is 29.3 Å². The van der Waals surface area contributed by atoms with Crippen LogP contribution in [-0.2, 0) is 0 Å². The molecule has 19 heavy (non-hydrogen) atoms. The highest BCUT2D eigenvalue weighted by Crippen LogP contribution is 2.27. The molecule has 0 radical (unpaired) electrons. The molecule has 0 saturated carbocycles. The van der Waals surface area contributed by atoms with Gasteiger partial charge in [-0.25, -0.2) is 0 Å². The molecule has 1 saturated heterocycles. The molecule has 1 aromatic rings. The summed E-state index contributed by atoms with van der Waals surface area (Å²) in [4.78, 5) is 3.64. The molecule has 0 amide bonds. The van der Waals surface area contributed by atoms with Crippen molar-refractivity contribution in [1.82, 2.24) is 4.90 Å². The average molecular weight is 300 g/mol. The fraction of sp³-hybridized carbons (Fsp3) is 0.600. The van der Waals surface area contributed by atoms with Gasteiger partial charge in [-0.1, -0.05) is 23.7 Å². The molecular weight excluding hydrogens is 278 g/mol. The maximum atomic E-state index is 9.58. The van der Waals surface area contributed by atoms with Crippen LogP contribution < -0.4 is 0 Å². The molecule has 1 heterocycles. The Morgan fingerprint density at radius 3 is 2.95 bits per heavy atom. The van der Waals surface area contributed by atoms with E-state index >= 15 is 0 Å². The van der Waals surface area contributed by atoms with Crippen molar-refractivity contribution in [2.75, 3.05) is 25.4 Å². The van der Waals surface area contributed by atoms with Gasteiger partial charge in [0.05, 0.1) is 11.1 Å². The smallest absolute Gasteiger partial charge is 0.0552 e. The summed E-state index contributed by atoms with van der Waals surface area (Å²) in [5.41, 5.74) is 0. The molecule has 2 rings (SSSR count). The largest absolute Gasteiger partial charge is 0.393 e. The van der Waals surface area contributed by atoms with Gasteiger partial charge >= 0.3 is 0 Å². The van der Waals surface area contributed by atoms with Crippen LogP contribution in [0.4, 0.5) is 0 Å². The number of aliphatic hydroxyl groups excluding tert-OH is 1. The van der Waals surface area contributed by atoms with Gasteiger partial charge in [0.15, 0.2) is 0 Å². The molecule has 0 bridgehead atoms. The summed E-state index contributed by atoms with van der Waals surface area (Å²) in [6, 6.07) is 8.01. The normalized spacial score (nSPS) is 21.7. The highest BCUT2D eigenvalue weighted by Gasteiger charge is 2.25. The first-order chi connectivity index (χ1) is 9.16. The van der Waals surface area contributed by atoms with Crippen LogP contribution in [0, 0.1) is 5.92 Å². The van der Waals surface area contributed by atoms with Gasteiger partial charge in [0.1, 0.15) is 0 Å². The number of halogens is 1. The van der Waals surface area contributed by atoms with E-state index in [9.17, 15) is 5.11 Å². The zero-order chi connectivity index (χ0) is 13.7. The zero-order valence-corrected chi connectivity index (χ0v) is 13.0. The Kier molecular flexibility index (Phi) is 6.02. The van der Waals surface area contributed by atoms with Gasteiger partial charge in [-0.15, -0.1) is 11.8 Å². The zero-order valence-electron chi connectivity index (χ0n) is 11.4. The monoisotopic (exact) mass is 299 g/mol. The van der Waals surface area contributed by atoms with Gasteiger partial charge in [0, 0.05) is 11.4 Å². The number of hydrogen-bond donors (Lipinski definition) is 1. The SMILES string of the molecule is CC(O)C1CCN(CCCSc2ccccc2Cl)C1. The van der Waals surface area contributed by atoms with Crippen LogP contribution in [-0.4, -0.2) is 41.5 Å². The Balaban J connectivity index is 1.64. The molecule has 4 heteroatoms. The Bertz CT molecular complexity index is 399. The average Bonchev–Trinajstić information content (AvgIpc) is 2.85. The number of nitrogens with zero attached hydrogens (tertiary/aromatic N) is 1. The first-order valence-electron chi connectivity index (χ1n) is 6.94. The number of rotatable bonds is 6. The van der Waals surface area contributed by atoms with Crippen LogP contribution in [0.1, 0.15) is 19.8 Å². The van der Waals surface area contributed by atoms with Crippen LogP contribution in [0.5, 0.6) is 0 Å². The number of aliphatic hydroxyl groups is 1. The van der Waals surface area contributed by atoms with Crippen molar-refractivity contribution in [2.45, 2.75) is 30.8 Å². The first kappa shape index (κ1) is 15.2. The predicted molar refractivity (Wildman–Crippen MR) is 83.0 cm³/mol. The molecule has 2 unspecified atom stereocenters. The van der Waals surface area contributed by atoms with Crippen molar-refractivity contribution >= 4 is 23.4 Å². The van der Waals surface area contributed by atoms with Crippen LogP contribution in [0.25, 0.3) is 0 Å². The van der Waals surface area contributed by atoms with Crippen molar-refractivity contribution < 1.29 is 5.11 Å². The minimum Gasteiger partial charge on any atom is -0.393 e. The molecule has 0 aromatic heterocycles. The summed E-state index contributed by atoms with van der Waals surface area (Å²) in [6.45, 7) is 5.21. The molecule has 1 aromatic carbocycles. The minimum atomic E-state index is -0.164. The van der Waals surface area contributed by atoms with E-state index in [0.717, 1.165) is 36.8 Å². The van der Waals surface area contributed by atoms with E-state index in [0.29, 0.717) is 5.92 Å². The summed E-state index contributed by atoms with van der Waals surface area (Å²) in [5.74, 6) is 1.57. The molecule has 0 spiro atoms. The Labute approximate surface area is 125 Å². The van der Waals surface area contributed by atoms with Gasteiger partial charge in [0.25, 0.3) is 0 Å². The van der Waals surface area contributed by atoms with E-state index in [-0.39, 0.29) is 6.10 Å². The highest BCUT2D eigenvalue weighted by molar-refractivity contribution is 7.99. The third kappa shape index (κ3) is 4.67. The maximum Gasteiger partial charge on any atom is 0.0552 e. The van der Waals surface area contributed by atoms with Crippen molar-refractivity contribution in [2.24, 2.45) is 5.92 Å². The molecule has 106 valence electrons. The lowest BCUT2D eigenvalue weighted by Crippen LogP contribution is -2.25. The van der Waals surface area contributed by atoms with E-state index < -0.39 is 0 Å². The van der Waals surface area contributed by atoms with Crippen LogP contribution in [0.15, 0.2) is 29.2 Å². The predicted octanol–water partition coefficient (Wildman–Crippen LogP) is 3.52. The van der Waals surface area contributed by atoms with Crippen LogP contribution in [0.3, 0.4) is 0 Å². The topological polar surface area (TPSA) is 23.5 Å². The lowest BCUT2D eigenvalue weighted by atomic mass is 10.0. The Morgan fingerprint density at radius 1 is 1.47 bits per heavy atom. The van der Waals surface area contributed by atoms with E-state index in [4.69, 9.17) is 11.6 Å². The van der Waals surface area contributed by atoms with Crippen molar-refractivity contribution in [3.63, 3.8) is 0 Å². The van der Waals surface area contributed by atoms with E-state index in [1.807, 2.05) is 36.9 Å². The lowest BCUT2D eigenvalue weighted by Gasteiger charge is -2.17. The summed E-state index contributed by atoms with van der Waals surface area (Å²) >= 11 is 7.95. The molecule has 0 aliphatic carbocycles. The van der Waals surface area contributed by atoms with Gasteiger partial charge in [-0.05, 0) is 56.7 Å². The van der Waals surface area contributed by atoms with E-state index in [1.165, 1.54) is 11.3 Å². The molecule has 1 N–H and O–H groups in total. The van der Waals surface area contributed by atoms with Crippen molar-refractivity contribution in [1.29, 1.82) is 0 Å². The van der Waals surface area contributed by atoms with Gasteiger partial charge < -0.3 is 10.0 Å². The molecule has 1 aliphatic rings. The summed E-state index contributed by atoms with van der Waals surface area (Å²) in [5, 5.41) is 10.4. The van der Waals surface area contributed by atoms with E-state index in [1.54, 1.807) is 0 Å². The van der Waals surface area contributed by atoms with Gasteiger partial charge in [-0.3, -0.25) is 0 Å². The maximum absolute atomic E-state index is 9.58. The van der Waals surface area contributed by atoms with Gasteiger partial charge in [-0.2, -0.15) is 0 Å². The van der Waals surface area contributed by atoms with Crippen molar-refractivity contribution in [3.8, 4) is 0 Å². The summed E-state index contributed by atoms with van der Waals surface area (Å²) in [7, 11) is 0. The molecule has 2 atom stereocenters. The Hall–Kier alpha value is -0.220. The summed E-state index contributed by atoms with van der Waals surface area (Å²) < 4.78 is 0. The number of benzene rings is 1. The minimum absolute atomic E-state index is 0.164. The quantitative estimate of drug-likeness (QED) is 0.642. The van der Waals surface area contributed by atoms with Crippen LogP contribution >= 0.6 is 23.4 Å². The third-order valence-corrected chi connectivity index (χ3v) is 5.31. The summed E-state index contributed by atoms with van der Waals surface area (Å²) in [6.07, 6.45) is 2.14. The standard InChI is InChI=1S/C15H22ClNOS/c1-12(18)13-7-9-17(11-13)8-4-10-19-15-6-3-2-5-14(15)16/h2-3,5-6,12-13,18H,4,7-11H2,1H3. The second kappa shape index (κ2) is 7.53. The number of hydrogen-bond acceptors (Lipinski definition) is 3. The fourth-order valence-electron chi connectivity index (χ4n) is 2.49. The number of likely N-dealkylation sites (tertiary alicyclic amines) is 1. The third-order valence-electron chi connectivity index (χ3n) is 3.70. The molecule has 2 nitrogen and oxygen atoms in total. The van der Waals surface area contributed by atoms with Crippen LogP contribution in [0.2, 0.25) is 5.02 Å². The second-order valence-corrected chi connectivity index (χ2v) is 6.77.